The number of hydrogen-bond acceptors (Lipinski definition) is 8. The Balaban J connectivity index is 0.00000193. The summed E-state index contributed by atoms with van der Waals surface area (Å²) in [4.78, 5) is 5.26. The summed E-state index contributed by atoms with van der Waals surface area (Å²) < 4.78 is 26.5. The maximum absolute atomic E-state index is 11.0. The molecule has 0 radical (unpaired) electrons. The molecule has 5 saturated carbocycles. The minimum atomic E-state index is -0.895. The van der Waals surface area contributed by atoms with E-state index < -0.39 is 5.60 Å². The van der Waals surface area contributed by atoms with Gasteiger partial charge in [-0.1, -0.05) is 20.8 Å². The minimum Gasteiger partial charge on any atom is -0.400 e. The third-order valence-corrected chi connectivity index (χ3v) is 16.9. The molecular formula is C42H74N2O6. The van der Waals surface area contributed by atoms with Crippen LogP contribution in [0.4, 0.5) is 0 Å². The third kappa shape index (κ3) is 5.73. The fraction of sp³-hybridized carbons (Fsp3) is 1.00. The van der Waals surface area contributed by atoms with Gasteiger partial charge in [-0.25, -0.2) is 0 Å². The van der Waals surface area contributed by atoms with E-state index in [1.807, 2.05) is 20.8 Å². The van der Waals surface area contributed by atoms with Gasteiger partial charge in [-0.15, -0.1) is 0 Å². The number of likely N-dealkylation sites (tertiary alicyclic amines) is 1. The number of aliphatic hydroxyl groups excluding tert-OH is 1. The summed E-state index contributed by atoms with van der Waals surface area (Å²) >= 11 is 0. The molecule has 5 aliphatic carbocycles. The zero-order chi connectivity index (χ0) is 36.1. The summed E-state index contributed by atoms with van der Waals surface area (Å²) in [5.41, 5.74) is 0.960. The van der Waals surface area contributed by atoms with Gasteiger partial charge in [-0.05, 0) is 151 Å². The third-order valence-electron chi connectivity index (χ3n) is 16.9. The molecule has 0 aromatic rings. The maximum Gasteiger partial charge on any atom is 0.170 e. The topological polar surface area (TPSA) is 83.9 Å². The van der Waals surface area contributed by atoms with Gasteiger partial charge in [0.15, 0.2) is 6.29 Å². The van der Waals surface area contributed by atoms with Crippen LogP contribution in [0, 0.1) is 45.3 Å². The molecule has 2 spiro atoms. The quantitative estimate of drug-likeness (QED) is 0.297. The minimum absolute atomic E-state index is 0.00506. The second kappa shape index (κ2) is 13.2. The number of aliphatic hydroxyl groups is 2. The molecule has 0 bridgehead atoms. The van der Waals surface area contributed by atoms with Gasteiger partial charge >= 0.3 is 0 Å². The van der Waals surface area contributed by atoms with Crippen molar-refractivity contribution in [2.75, 3.05) is 46.5 Å². The van der Waals surface area contributed by atoms with E-state index in [9.17, 15) is 5.11 Å². The molecule has 12 unspecified atom stereocenters. The molecule has 3 aliphatic heterocycles. The summed E-state index contributed by atoms with van der Waals surface area (Å²) in [6.45, 7) is 26.3. The monoisotopic (exact) mass is 703 g/mol. The van der Waals surface area contributed by atoms with Crippen molar-refractivity contribution in [3.05, 3.63) is 0 Å². The summed E-state index contributed by atoms with van der Waals surface area (Å²) in [5, 5.41) is 18.0. The number of nitrogens with zero attached hydrogens (tertiary/aromatic N) is 2. The zero-order valence-electron chi connectivity index (χ0n) is 33.5. The molecule has 3 saturated heterocycles. The zero-order valence-corrected chi connectivity index (χ0v) is 33.5. The number of fused-ring (bicyclic) bond motifs is 4. The summed E-state index contributed by atoms with van der Waals surface area (Å²) in [6.07, 6.45) is 13.2. The van der Waals surface area contributed by atoms with E-state index in [1.54, 1.807) is 0 Å². The first-order chi connectivity index (χ1) is 23.6. The van der Waals surface area contributed by atoms with Crippen LogP contribution in [-0.2, 0) is 18.9 Å². The number of ether oxygens (including phenoxy) is 4. The van der Waals surface area contributed by atoms with Crippen molar-refractivity contribution >= 4 is 0 Å². The Morgan fingerprint density at radius 1 is 0.900 bits per heavy atom. The second-order valence-corrected chi connectivity index (χ2v) is 20.2. The van der Waals surface area contributed by atoms with Crippen molar-refractivity contribution in [2.45, 2.75) is 174 Å². The van der Waals surface area contributed by atoms with E-state index in [0.717, 1.165) is 64.1 Å². The predicted molar refractivity (Wildman–Crippen MR) is 197 cm³/mol. The highest BCUT2D eigenvalue weighted by Crippen LogP contribution is 2.87. The SMILES string of the molecule is CCOC(C1CCC2C(CC3C4CCC5C(C)(C)C(OC6CN(C7(C)CN(C(C)C)C7)CCO6)CCC56CC46CCC23C)O1)C(C)(C)O.CO. The van der Waals surface area contributed by atoms with Crippen LogP contribution in [0.1, 0.15) is 127 Å². The lowest BCUT2D eigenvalue weighted by Gasteiger charge is -2.60. The summed E-state index contributed by atoms with van der Waals surface area (Å²) in [6, 6.07) is 0.622. The van der Waals surface area contributed by atoms with Gasteiger partial charge < -0.3 is 29.2 Å². The van der Waals surface area contributed by atoms with Crippen LogP contribution in [0.3, 0.4) is 0 Å². The van der Waals surface area contributed by atoms with E-state index in [0.29, 0.717) is 40.9 Å². The van der Waals surface area contributed by atoms with Crippen LogP contribution in [0.25, 0.3) is 0 Å². The first-order valence-electron chi connectivity index (χ1n) is 20.8. The van der Waals surface area contributed by atoms with Crippen LogP contribution in [-0.4, -0.2) is 114 Å². The van der Waals surface area contributed by atoms with E-state index in [-0.39, 0.29) is 35.6 Å². The molecule has 8 fully saturated rings. The van der Waals surface area contributed by atoms with Gasteiger partial charge in [0, 0.05) is 44.9 Å². The number of hydrogen-bond donors (Lipinski definition) is 2. The first-order valence-corrected chi connectivity index (χ1v) is 20.8. The molecule has 3 heterocycles. The highest BCUT2D eigenvalue weighted by atomic mass is 16.7. The lowest BCUT2D eigenvalue weighted by atomic mass is 9.46. The van der Waals surface area contributed by atoms with Crippen molar-refractivity contribution < 1.29 is 29.2 Å². The van der Waals surface area contributed by atoms with Crippen LogP contribution in [0.2, 0.25) is 0 Å². The second-order valence-electron chi connectivity index (χ2n) is 20.2. The van der Waals surface area contributed by atoms with Crippen molar-refractivity contribution in [3.8, 4) is 0 Å². The molecule has 288 valence electrons. The van der Waals surface area contributed by atoms with Crippen LogP contribution < -0.4 is 0 Å². The molecule has 8 heteroatoms. The predicted octanol–water partition coefficient (Wildman–Crippen LogP) is 6.50. The van der Waals surface area contributed by atoms with Crippen molar-refractivity contribution in [2.24, 2.45) is 45.3 Å². The Bertz CT molecular complexity index is 1220. The Hall–Kier alpha value is -0.320. The molecular weight excluding hydrogens is 628 g/mol. The molecule has 0 aromatic heterocycles. The van der Waals surface area contributed by atoms with Crippen molar-refractivity contribution in [1.82, 2.24) is 9.80 Å². The molecule has 0 amide bonds. The Morgan fingerprint density at radius 3 is 2.30 bits per heavy atom. The van der Waals surface area contributed by atoms with E-state index >= 15 is 0 Å². The largest absolute Gasteiger partial charge is 0.400 e. The normalized spacial score (nSPS) is 47.0. The van der Waals surface area contributed by atoms with Crippen molar-refractivity contribution in [1.29, 1.82) is 0 Å². The van der Waals surface area contributed by atoms with Gasteiger partial charge in [0.05, 0.1) is 37.1 Å². The van der Waals surface area contributed by atoms with E-state index in [2.05, 4.69) is 51.3 Å². The highest BCUT2D eigenvalue weighted by Gasteiger charge is 2.80. The van der Waals surface area contributed by atoms with Gasteiger partial charge in [0.2, 0.25) is 0 Å². The smallest absolute Gasteiger partial charge is 0.170 e. The molecule has 0 aromatic carbocycles. The van der Waals surface area contributed by atoms with E-state index in [4.69, 9.17) is 24.1 Å². The number of rotatable bonds is 8. The maximum atomic E-state index is 11.0. The molecule has 2 N–H and O–H groups in total. The average Bonchev–Trinajstić information content (AvgIpc) is 3.63. The van der Waals surface area contributed by atoms with Gasteiger partial charge in [0.25, 0.3) is 0 Å². The van der Waals surface area contributed by atoms with Crippen molar-refractivity contribution in [3.63, 3.8) is 0 Å². The van der Waals surface area contributed by atoms with Crippen LogP contribution in [0.5, 0.6) is 0 Å². The lowest BCUT2D eigenvalue weighted by Crippen LogP contribution is -2.72. The molecule has 8 nitrogen and oxygen atoms in total. The average molecular weight is 703 g/mol. The Labute approximate surface area is 304 Å². The van der Waals surface area contributed by atoms with Gasteiger partial charge in [-0.3, -0.25) is 9.80 Å². The van der Waals surface area contributed by atoms with Crippen LogP contribution >= 0.6 is 0 Å². The molecule has 8 rings (SSSR count). The lowest BCUT2D eigenvalue weighted by molar-refractivity contribution is -0.257. The summed E-state index contributed by atoms with van der Waals surface area (Å²) in [5.74, 6) is 3.01. The van der Waals surface area contributed by atoms with Gasteiger partial charge in [-0.2, -0.15) is 0 Å². The molecule has 8 aliphatic rings. The first kappa shape index (κ1) is 38.0. The fourth-order valence-corrected chi connectivity index (χ4v) is 14.4. The number of morpholine rings is 1. The standard InChI is InChI=1S/C41H70N2O5.CH4O/c1-10-45-35(37(6,7)44)30-13-11-28-31(47-30)21-29-27-12-14-32-36(4,5)33(15-16-41(32)23-40(27,41)18-17-39(28,29)9)48-34-22-43(19-20-46-34)38(8)24-42(25-38)26(2)3;1-2/h26-35,44H,10-25H2,1-9H3;2H,1H3. The fourth-order valence-electron chi connectivity index (χ4n) is 14.4. The Kier molecular flexibility index (Phi) is 10.00. The Morgan fingerprint density at radius 2 is 1.62 bits per heavy atom. The van der Waals surface area contributed by atoms with Gasteiger partial charge in [0.1, 0.15) is 6.10 Å². The van der Waals surface area contributed by atoms with E-state index in [1.165, 1.54) is 57.8 Å². The van der Waals surface area contributed by atoms with Crippen LogP contribution in [0.15, 0.2) is 0 Å². The highest BCUT2D eigenvalue weighted by molar-refractivity contribution is 5.29. The molecule has 50 heavy (non-hydrogen) atoms. The summed E-state index contributed by atoms with van der Waals surface area (Å²) in [7, 11) is 1.00. The molecule has 12 atom stereocenters.